The average molecular weight is 274 g/mol. The van der Waals surface area contributed by atoms with Gasteiger partial charge in [0.2, 0.25) is 10.0 Å². The quantitative estimate of drug-likeness (QED) is 0.781. The molecule has 0 aliphatic rings. The highest BCUT2D eigenvalue weighted by atomic mass is 32.2. The molecule has 0 saturated carbocycles. The van der Waals surface area contributed by atoms with Crippen LogP contribution >= 0.6 is 0 Å². The summed E-state index contributed by atoms with van der Waals surface area (Å²) in [5.74, 6) is 0.354. The number of nitrogens with one attached hydrogen (secondary N) is 1. The SMILES string of the molecule is CCCn1cc(S(=O)(=O)NCC(C)CC)c(N)n1. The lowest BCUT2D eigenvalue weighted by Gasteiger charge is -2.09. The van der Waals surface area contributed by atoms with E-state index in [0.29, 0.717) is 19.0 Å². The molecule has 1 aromatic rings. The Hall–Kier alpha value is -1.08. The van der Waals surface area contributed by atoms with E-state index in [1.54, 1.807) is 4.68 Å². The Morgan fingerprint density at radius 3 is 2.72 bits per heavy atom. The van der Waals surface area contributed by atoms with Crippen molar-refractivity contribution < 1.29 is 8.42 Å². The number of nitrogens with two attached hydrogens (primary N) is 1. The molecule has 0 amide bonds. The van der Waals surface area contributed by atoms with Crippen molar-refractivity contribution in [2.24, 2.45) is 5.92 Å². The smallest absolute Gasteiger partial charge is 0.245 e. The van der Waals surface area contributed by atoms with E-state index in [1.807, 2.05) is 20.8 Å². The van der Waals surface area contributed by atoms with E-state index in [2.05, 4.69) is 9.82 Å². The maximum atomic E-state index is 12.0. The number of hydrogen-bond donors (Lipinski definition) is 2. The van der Waals surface area contributed by atoms with E-state index in [1.165, 1.54) is 6.20 Å². The molecule has 0 aliphatic heterocycles. The molecule has 1 rings (SSSR count). The summed E-state index contributed by atoms with van der Waals surface area (Å²) >= 11 is 0. The van der Waals surface area contributed by atoms with Gasteiger partial charge in [0.15, 0.2) is 5.82 Å². The lowest BCUT2D eigenvalue weighted by atomic mass is 10.1. The summed E-state index contributed by atoms with van der Waals surface area (Å²) in [6.45, 7) is 7.08. The number of nitrogen functional groups attached to an aromatic ring is 1. The second-order valence-corrected chi connectivity index (χ2v) is 6.24. The van der Waals surface area contributed by atoms with E-state index >= 15 is 0 Å². The van der Waals surface area contributed by atoms with Crippen molar-refractivity contribution in [3.05, 3.63) is 6.20 Å². The zero-order chi connectivity index (χ0) is 13.8. The van der Waals surface area contributed by atoms with Gasteiger partial charge in [-0.15, -0.1) is 0 Å². The molecule has 104 valence electrons. The molecule has 0 radical (unpaired) electrons. The van der Waals surface area contributed by atoms with Crippen LogP contribution < -0.4 is 10.5 Å². The minimum atomic E-state index is -3.55. The predicted octanol–water partition coefficient (Wildman–Crippen LogP) is 1.20. The van der Waals surface area contributed by atoms with Crippen molar-refractivity contribution in [1.82, 2.24) is 14.5 Å². The van der Waals surface area contributed by atoms with Crippen molar-refractivity contribution >= 4 is 15.8 Å². The molecule has 7 heteroatoms. The molecule has 0 aromatic carbocycles. The summed E-state index contributed by atoms with van der Waals surface area (Å²) in [7, 11) is -3.55. The van der Waals surface area contributed by atoms with E-state index in [9.17, 15) is 8.42 Å². The first kappa shape index (κ1) is 15.0. The molecular formula is C11H22N4O2S. The van der Waals surface area contributed by atoms with Crippen LogP contribution in [0.1, 0.15) is 33.6 Å². The van der Waals surface area contributed by atoms with Crippen LogP contribution in [0.15, 0.2) is 11.1 Å². The van der Waals surface area contributed by atoms with Gasteiger partial charge in [0.05, 0.1) is 0 Å². The summed E-state index contributed by atoms with van der Waals surface area (Å²) < 4.78 is 28.2. The maximum absolute atomic E-state index is 12.0. The Kier molecular flexibility index (Phi) is 5.15. The third kappa shape index (κ3) is 3.71. The molecule has 1 atom stereocenters. The fourth-order valence-corrected chi connectivity index (χ4v) is 2.68. The van der Waals surface area contributed by atoms with Gasteiger partial charge in [-0.1, -0.05) is 27.2 Å². The minimum absolute atomic E-state index is 0.0556. The van der Waals surface area contributed by atoms with Crippen LogP contribution in [0, 0.1) is 5.92 Å². The number of nitrogens with zero attached hydrogens (tertiary/aromatic N) is 2. The molecule has 1 unspecified atom stereocenters. The van der Waals surface area contributed by atoms with Crippen LogP contribution in [0.4, 0.5) is 5.82 Å². The lowest BCUT2D eigenvalue weighted by Crippen LogP contribution is -2.28. The normalized spacial score (nSPS) is 13.7. The Balaban J connectivity index is 2.84. The van der Waals surface area contributed by atoms with Crippen molar-refractivity contribution in [1.29, 1.82) is 0 Å². The second kappa shape index (κ2) is 6.19. The molecule has 1 aromatic heterocycles. The molecule has 0 bridgehead atoms. The van der Waals surface area contributed by atoms with Crippen molar-refractivity contribution in [2.75, 3.05) is 12.3 Å². The van der Waals surface area contributed by atoms with Crippen LogP contribution in [0.3, 0.4) is 0 Å². The van der Waals surface area contributed by atoms with Crippen molar-refractivity contribution in [3.63, 3.8) is 0 Å². The third-order valence-electron chi connectivity index (χ3n) is 2.82. The Morgan fingerprint density at radius 1 is 1.50 bits per heavy atom. The number of anilines is 1. The van der Waals surface area contributed by atoms with Crippen LogP contribution in [0.2, 0.25) is 0 Å². The van der Waals surface area contributed by atoms with Gasteiger partial charge in [-0.2, -0.15) is 5.10 Å². The van der Waals surface area contributed by atoms with Gasteiger partial charge >= 0.3 is 0 Å². The van der Waals surface area contributed by atoms with Gasteiger partial charge in [-0.05, 0) is 12.3 Å². The molecule has 0 spiro atoms. The monoisotopic (exact) mass is 274 g/mol. The summed E-state index contributed by atoms with van der Waals surface area (Å²) in [4.78, 5) is 0.0688. The number of aromatic nitrogens is 2. The number of hydrogen-bond acceptors (Lipinski definition) is 4. The number of rotatable bonds is 7. The average Bonchev–Trinajstić information content (AvgIpc) is 2.68. The van der Waals surface area contributed by atoms with Gasteiger partial charge in [-0.25, -0.2) is 13.1 Å². The highest BCUT2D eigenvalue weighted by Gasteiger charge is 2.21. The molecule has 18 heavy (non-hydrogen) atoms. The number of sulfonamides is 1. The Labute approximate surface area is 109 Å². The fourth-order valence-electron chi connectivity index (χ4n) is 1.44. The molecule has 3 N–H and O–H groups in total. The zero-order valence-corrected chi connectivity index (χ0v) is 12.0. The maximum Gasteiger partial charge on any atom is 0.245 e. The Bertz CT molecular complexity index is 481. The first-order chi connectivity index (χ1) is 8.40. The number of aryl methyl sites for hydroxylation is 1. The fraction of sp³-hybridized carbons (Fsp3) is 0.727. The van der Waals surface area contributed by atoms with E-state index < -0.39 is 10.0 Å². The van der Waals surface area contributed by atoms with Gasteiger partial charge in [-0.3, -0.25) is 4.68 Å². The molecular weight excluding hydrogens is 252 g/mol. The zero-order valence-electron chi connectivity index (χ0n) is 11.2. The van der Waals surface area contributed by atoms with Crippen LogP contribution in [-0.4, -0.2) is 24.7 Å². The molecule has 0 saturated heterocycles. The van der Waals surface area contributed by atoms with E-state index in [0.717, 1.165) is 12.8 Å². The first-order valence-corrected chi connectivity index (χ1v) is 7.71. The summed E-state index contributed by atoms with van der Waals surface area (Å²) in [5.41, 5.74) is 5.65. The summed E-state index contributed by atoms with van der Waals surface area (Å²) in [6, 6.07) is 0. The van der Waals surface area contributed by atoms with Crippen molar-refractivity contribution in [2.45, 2.75) is 45.1 Å². The van der Waals surface area contributed by atoms with Crippen molar-refractivity contribution in [3.8, 4) is 0 Å². The molecule has 0 fully saturated rings. The summed E-state index contributed by atoms with van der Waals surface area (Å²) in [5, 5.41) is 3.99. The molecule has 6 nitrogen and oxygen atoms in total. The van der Waals surface area contributed by atoms with Gasteiger partial charge in [0.1, 0.15) is 4.90 Å². The Morgan fingerprint density at radius 2 is 2.17 bits per heavy atom. The highest BCUT2D eigenvalue weighted by Crippen LogP contribution is 2.16. The molecule has 0 aliphatic carbocycles. The topological polar surface area (TPSA) is 90.0 Å². The van der Waals surface area contributed by atoms with Crippen LogP contribution in [0.25, 0.3) is 0 Å². The predicted molar refractivity (Wildman–Crippen MR) is 71.6 cm³/mol. The minimum Gasteiger partial charge on any atom is -0.381 e. The van der Waals surface area contributed by atoms with Crippen LogP contribution in [0.5, 0.6) is 0 Å². The molecule has 1 heterocycles. The standard InChI is InChI=1S/C11H22N4O2S/c1-4-6-15-8-10(11(12)14-15)18(16,17)13-7-9(3)5-2/h8-9,13H,4-7H2,1-3H3,(H2,12,14). The largest absolute Gasteiger partial charge is 0.381 e. The first-order valence-electron chi connectivity index (χ1n) is 6.23. The van der Waals surface area contributed by atoms with Crippen LogP contribution in [-0.2, 0) is 16.6 Å². The van der Waals surface area contributed by atoms with E-state index in [4.69, 9.17) is 5.73 Å². The second-order valence-electron chi connectivity index (χ2n) is 4.51. The van der Waals surface area contributed by atoms with Gasteiger partial charge in [0.25, 0.3) is 0 Å². The lowest BCUT2D eigenvalue weighted by molar-refractivity contribution is 0.528. The summed E-state index contributed by atoms with van der Waals surface area (Å²) in [6.07, 6.45) is 3.28. The highest BCUT2D eigenvalue weighted by molar-refractivity contribution is 7.89. The van der Waals surface area contributed by atoms with Gasteiger partial charge in [0, 0.05) is 19.3 Å². The third-order valence-corrected chi connectivity index (χ3v) is 4.26. The van der Waals surface area contributed by atoms with E-state index in [-0.39, 0.29) is 10.7 Å². The van der Waals surface area contributed by atoms with Gasteiger partial charge < -0.3 is 5.73 Å².